The predicted molar refractivity (Wildman–Crippen MR) is 122 cm³/mol. The molecular weight excluding hydrogens is 442 g/mol. The van der Waals surface area contributed by atoms with Crippen LogP contribution in [0.2, 0.25) is 0 Å². The Hall–Kier alpha value is -1.02. The highest BCUT2D eigenvalue weighted by molar-refractivity contribution is 7.54. The van der Waals surface area contributed by atoms with Crippen LogP contribution in [-0.2, 0) is 33.6 Å². The van der Waals surface area contributed by atoms with E-state index < -0.39 is 27.2 Å². The van der Waals surface area contributed by atoms with Crippen LogP contribution in [-0.4, -0.2) is 54.6 Å². The van der Waals surface area contributed by atoms with Gasteiger partial charge in [0.1, 0.15) is 5.66 Å². The smallest absolute Gasteiger partial charge is 0.361 e. The largest absolute Gasteiger partial charge is 0.472 e. The molecule has 3 atom stereocenters. The number of fused-ring (bicyclic) bond motifs is 1. The van der Waals surface area contributed by atoms with E-state index in [1.54, 1.807) is 27.7 Å². The summed E-state index contributed by atoms with van der Waals surface area (Å²) in [5.74, 6) is 0. The van der Waals surface area contributed by atoms with Gasteiger partial charge in [-0.2, -0.15) is 0 Å². The van der Waals surface area contributed by atoms with Crippen molar-refractivity contribution in [2.75, 3.05) is 32.9 Å². The molecule has 2 rings (SSSR count). The lowest BCUT2D eigenvalue weighted by Crippen LogP contribution is -2.38. The summed E-state index contributed by atoms with van der Waals surface area (Å²) >= 11 is 0. The van der Waals surface area contributed by atoms with E-state index in [-0.39, 0.29) is 26.4 Å². The SMILES string of the molecule is CCOP(=O)(O)OC(C)C(CNCCc1c[nH]c2ccccc12)P(=O)(OCC)OCC. The number of hydrogen-bond donors (Lipinski definition) is 3. The monoisotopic (exact) mass is 476 g/mol. The van der Waals surface area contributed by atoms with Crippen LogP contribution >= 0.6 is 15.4 Å². The second-order valence-electron chi connectivity index (χ2n) is 6.95. The molecule has 31 heavy (non-hydrogen) atoms. The summed E-state index contributed by atoms with van der Waals surface area (Å²) in [4.78, 5) is 13.1. The standard InChI is InChI=1S/C20H34N2O7P2/c1-5-26-30(23,27-6-2)20(16(4)29-31(24,25)28-7-3)15-21-13-12-17-14-22-19-11-9-8-10-18(17)19/h8-11,14,16,20-22H,5-7,12-13,15H2,1-4H3,(H,24,25). The fraction of sp³-hybridized carbons (Fsp3) is 0.600. The summed E-state index contributed by atoms with van der Waals surface area (Å²) in [5, 5.41) is 4.43. The molecule has 0 bridgehead atoms. The number of hydrogen-bond acceptors (Lipinski definition) is 7. The summed E-state index contributed by atoms with van der Waals surface area (Å²) in [7, 11) is -7.89. The molecule has 0 saturated heterocycles. The number of para-hydroxylation sites is 1. The molecule has 1 heterocycles. The van der Waals surface area contributed by atoms with E-state index in [0.717, 1.165) is 22.9 Å². The van der Waals surface area contributed by atoms with E-state index in [1.807, 2.05) is 24.4 Å². The van der Waals surface area contributed by atoms with Gasteiger partial charge in [-0.3, -0.25) is 13.6 Å². The van der Waals surface area contributed by atoms with Crippen molar-refractivity contribution >= 4 is 26.3 Å². The molecule has 0 fully saturated rings. The zero-order valence-electron chi connectivity index (χ0n) is 18.6. The summed E-state index contributed by atoms with van der Waals surface area (Å²) in [5.41, 5.74) is 1.44. The highest BCUT2D eigenvalue weighted by Gasteiger charge is 2.42. The molecule has 0 radical (unpaired) electrons. The third kappa shape index (κ3) is 7.52. The molecule has 2 aromatic rings. The number of benzene rings is 1. The minimum absolute atomic E-state index is 0.0165. The van der Waals surface area contributed by atoms with Crippen LogP contribution in [0.4, 0.5) is 0 Å². The van der Waals surface area contributed by atoms with Gasteiger partial charge in [-0.05, 0) is 52.3 Å². The first-order valence-corrected chi connectivity index (χ1v) is 13.7. The normalized spacial score (nSPS) is 16.3. The van der Waals surface area contributed by atoms with Crippen molar-refractivity contribution in [3.8, 4) is 0 Å². The maximum atomic E-state index is 13.4. The topological polar surface area (TPSA) is 119 Å². The molecule has 0 saturated carbocycles. The maximum absolute atomic E-state index is 13.4. The van der Waals surface area contributed by atoms with E-state index in [4.69, 9.17) is 18.1 Å². The molecule has 0 aliphatic carbocycles. The van der Waals surface area contributed by atoms with Crippen LogP contribution in [0.1, 0.15) is 33.3 Å². The van der Waals surface area contributed by atoms with Gasteiger partial charge >= 0.3 is 15.4 Å². The molecule has 11 heteroatoms. The van der Waals surface area contributed by atoms with Crippen LogP contribution in [0.25, 0.3) is 10.9 Å². The number of aromatic amines is 1. The van der Waals surface area contributed by atoms with Gasteiger partial charge in [0.25, 0.3) is 0 Å². The zero-order chi connectivity index (χ0) is 22.9. The number of nitrogens with one attached hydrogen (secondary N) is 2. The van der Waals surface area contributed by atoms with Crippen molar-refractivity contribution in [2.45, 2.75) is 45.9 Å². The highest BCUT2D eigenvalue weighted by atomic mass is 31.2. The third-order valence-corrected chi connectivity index (χ3v) is 8.59. The van der Waals surface area contributed by atoms with E-state index in [0.29, 0.717) is 6.54 Å². The zero-order valence-corrected chi connectivity index (χ0v) is 20.4. The number of aromatic nitrogens is 1. The molecule has 1 aromatic carbocycles. The Balaban J connectivity index is 2.08. The lowest BCUT2D eigenvalue weighted by atomic mass is 10.1. The molecule has 0 aliphatic heterocycles. The van der Waals surface area contributed by atoms with Gasteiger partial charge in [0, 0.05) is 23.6 Å². The Morgan fingerprint density at radius 1 is 1.06 bits per heavy atom. The molecule has 3 N–H and O–H groups in total. The summed E-state index contributed by atoms with van der Waals surface area (Å²) in [6.07, 6.45) is 1.81. The van der Waals surface area contributed by atoms with E-state index in [9.17, 15) is 14.0 Å². The van der Waals surface area contributed by atoms with Gasteiger partial charge in [0.15, 0.2) is 0 Å². The Morgan fingerprint density at radius 2 is 1.71 bits per heavy atom. The molecular formula is C20H34N2O7P2. The number of phosphoric acid groups is 1. The quantitative estimate of drug-likeness (QED) is 0.254. The number of phosphoric ester groups is 1. The maximum Gasteiger partial charge on any atom is 0.472 e. The molecule has 9 nitrogen and oxygen atoms in total. The summed E-state index contributed by atoms with van der Waals surface area (Å²) in [6, 6.07) is 8.06. The van der Waals surface area contributed by atoms with Crippen LogP contribution in [0.5, 0.6) is 0 Å². The van der Waals surface area contributed by atoms with Crippen LogP contribution in [0, 0.1) is 0 Å². The Morgan fingerprint density at radius 3 is 2.35 bits per heavy atom. The molecule has 0 spiro atoms. The van der Waals surface area contributed by atoms with Gasteiger partial charge in [-0.25, -0.2) is 4.57 Å². The second kappa shape index (κ2) is 12.3. The molecule has 0 aliphatic rings. The van der Waals surface area contributed by atoms with Crippen LogP contribution < -0.4 is 5.32 Å². The summed E-state index contributed by atoms with van der Waals surface area (Å²) < 4.78 is 46.5. The Kier molecular flexibility index (Phi) is 10.4. The van der Waals surface area contributed by atoms with Gasteiger partial charge in [0.2, 0.25) is 0 Å². The summed E-state index contributed by atoms with van der Waals surface area (Å²) in [6.45, 7) is 7.79. The Labute approximate surface area is 184 Å². The fourth-order valence-electron chi connectivity index (χ4n) is 3.41. The van der Waals surface area contributed by atoms with E-state index >= 15 is 0 Å². The van der Waals surface area contributed by atoms with Gasteiger partial charge in [-0.15, -0.1) is 0 Å². The van der Waals surface area contributed by atoms with E-state index in [2.05, 4.69) is 16.4 Å². The number of H-pyrrole nitrogens is 1. The van der Waals surface area contributed by atoms with E-state index in [1.165, 1.54) is 0 Å². The molecule has 0 amide bonds. The second-order valence-corrected chi connectivity index (χ2v) is 10.6. The predicted octanol–water partition coefficient (Wildman–Crippen LogP) is 4.48. The van der Waals surface area contributed by atoms with Crippen LogP contribution in [0.3, 0.4) is 0 Å². The van der Waals surface area contributed by atoms with Crippen molar-refractivity contribution < 1.29 is 32.1 Å². The minimum Gasteiger partial charge on any atom is -0.361 e. The first-order chi connectivity index (χ1) is 14.8. The first kappa shape index (κ1) is 26.2. The lowest BCUT2D eigenvalue weighted by Gasteiger charge is -2.31. The van der Waals surface area contributed by atoms with Gasteiger partial charge in [-0.1, -0.05) is 18.2 Å². The lowest BCUT2D eigenvalue weighted by molar-refractivity contribution is 0.104. The van der Waals surface area contributed by atoms with Gasteiger partial charge < -0.3 is 24.2 Å². The average molecular weight is 476 g/mol. The van der Waals surface area contributed by atoms with Crippen LogP contribution in [0.15, 0.2) is 30.5 Å². The van der Waals surface area contributed by atoms with Crippen molar-refractivity contribution in [1.29, 1.82) is 0 Å². The number of rotatable bonds is 15. The van der Waals surface area contributed by atoms with Gasteiger partial charge in [0.05, 0.1) is 25.9 Å². The fourth-order valence-corrected chi connectivity index (χ4v) is 6.56. The first-order valence-electron chi connectivity index (χ1n) is 10.6. The Bertz CT molecular complexity index is 895. The van der Waals surface area contributed by atoms with Crippen molar-refractivity contribution in [3.63, 3.8) is 0 Å². The third-order valence-electron chi connectivity index (χ3n) is 4.76. The van der Waals surface area contributed by atoms with Crippen molar-refractivity contribution in [1.82, 2.24) is 10.3 Å². The highest BCUT2D eigenvalue weighted by Crippen LogP contribution is 2.56. The van der Waals surface area contributed by atoms with Crippen molar-refractivity contribution in [3.05, 3.63) is 36.0 Å². The molecule has 3 unspecified atom stereocenters. The van der Waals surface area contributed by atoms with Crippen molar-refractivity contribution in [2.24, 2.45) is 0 Å². The minimum atomic E-state index is -4.28. The average Bonchev–Trinajstić information content (AvgIpc) is 3.10. The molecule has 1 aromatic heterocycles. The molecule has 176 valence electrons.